The third-order valence-electron chi connectivity index (χ3n) is 10.9. The van der Waals surface area contributed by atoms with Crippen molar-refractivity contribution in [2.24, 2.45) is 23.7 Å². The van der Waals surface area contributed by atoms with Crippen molar-refractivity contribution in [3.63, 3.8) is 0 Å². The van der Waals surface area contributed by atoms with Crippen molar-refractivity contribution >= 4 is 39.1 Å². The number of carbonyl (C=O) groups excluding carboxylic acids is 2. The van der Waals surface area contributed by atoms with Crippen LogP contribution in [0.2, 0.25) is 5.02 Å². The lowest BCUT2D eigenvalue weighted by molar-refractivity contribution is -0.137. The minimum atomic E-state index is -4.02. The molecule has 2 aromatic rings. The highest BCUT2D eigenvalue weighted by molar-refractivity contribution is 7.90. The molecule has 0 unspecified atom stereocenters. The topological polar surface area (TPSA) is 105 Å². The van der Waals surface area contributed by atoms with Crippen LogP contribution in [-0.2, 0) is 32.5 Å². The van der Waals surface area contributed by atoms with Gasteiger partial charge in [0, 0.05) is 32.7 Å². The maximum Gasteiger partial charge on any atom is 0.264 e. The number of benzene rings is 2. The van der Waals surface area contributed by atoms with Gasteiger partial charge in [0.15, 0.2) is 0 Å². The molecule has 4 bridgehead atoms. The highest BCUT2D eigenvalue weighted by Gasteiger charge is 2.45. The number of nitrogens with zero attached hydrogens (tertiary/aromatic N) is 2. The molecule has 0 aromatic heterocycles. The van der Waals surface area contributed by atoms with Crippen LogP contribution in [0.5, 0.6) is 5.75 Å². The van der Waals surface area contributed by atoms with Gasteiger partial charge >= 0.3 is 0 Å². The molecule has 2 aliphatic carbocycles. The molecule has 1 saturated carbocycles. The Morgan fingerprint density at radius 1 is 1.17 bits per heavy atom. The predicted octanol–water partition coefficient (Wildman–Crippen LogP) is 5.74. The number of hydrogen-bond donors (Lipinski definition) is 1. The second-order valence-electron chi connectivity index (χ2n) is 14.0. The number of fused-ring (bicyclic) bond motifs is 5. The first-order chi connectivity index (χ1) is 22.8. The maximum absolute atomic E-state index is 15.5. The second-order valence-corrected chi connectivity index (χ2v) is 16.5. The van der Waals surface area contributed by atoms with E-state index in [1.54, 1.807) is 45.3 Å². The molecule has 260 valence electrons. The fourth-order valence-corrected chi connectivity index (χ4v) is 8.90. The summed E-state index contributed by atoms with van der Waals surface area (Å²) in [7, 11) is -0.613. The van der Waals surface area contributed by atoms with Crippen molar-refractivity contribution in [2.45, 2.75) is 70.3 Å². The first-order valence-electron chi connectivity index (χ1n) is 16.9. The van der Waals surface area contributed by atoms with Gasteiger partial charge in [0.2, 0.25) is 15.9 Å². The number of amides is 2. The van der Waals surface area contributed by atoms with Gasteiger partial charge in [-0.1, -0.05) is 30.7 Å². The number of likely N-dealkylation sites (N-methyl/N-ethyl adjacent to an activating group) is 1. The second kappa shape index (κ2) is 14.0. The lowest BCUT2D eigenvalue weighted by Gasteiger charge is -2.47. The molecular weight excluding hydrogens is 657 g/mol. The van der Waals surface area contributed by atoms with Gasteiger partial charge in [-0.15, -0.1) is 0 Å². The van der Waals surface area contributed by atoms with E-state index >= 15 is 4.39 Å². The maximum atomic E-state index is 15.5. The SMILES string of the molecule is C[C@@H]1[C@@H](C)S(=O)(=O)NC(=O)c2ccc3c(c2)N(Cc2ccc(Cl)c(F)c2CCCCO3)C[C@@H]2CC[C@H]2[C@@H](OCC(=O)N(C)C)C2=C[C@H]1C2. The van der Waals surface area contributed by atoms with E-state index in [4.69, 9.17) is 21.1 Å². The largest absolute Gasteiger partial charge is 0.491 e. The van der Waals surface area contributed by atoms with Crippen molar-refractivity contribution in [1.29, 1.82) is 0 Å². The van der Waals surface area contributed by atoms with Crippen LogP contribution in [-0.4, -0.2) is 70.3 Å². The van der Waals surface area contributed by atoms with E-state index in [2.05, 4.69) is 15.7 Å². The van der Waals surface area contributed by atoms with Crippen LogP contribution in [0.1, 0.15) is 67.4 Å². The lowest BCUT2D eigenvalue weighted by Crippen LogP contribution is -2.48. The number of sulfonamides is 1. The van der Waals surface area contributed by atoms with E-state index in [1.807, 2.05) is 13.0 Å². The van der Waals surface area contributed by atoms with E-state index in [1.165, 1.54) is 4.90 Å². The number of anilines is 1. The molecule has 0 radical (unpaired) electrons. The van der Waals surface area contributed by atoms with Gasteiger partial charge in [0.05, 0.1) is 28.7 Å². The van der Waals surface area contributed by atoms with Crippen LogP contribution in [0.4, 0.5) is 10.1 Å². The van der Waals surface area contributed by atoms with Gasteiger partial charge in [0.25, 0.3) is 5.91 Å². The van der Waals surface area contributed by atoms with Crippen LogP contribution in [0, 0.1) is 29.5 Å². The summed E-state index contributed by atoms with van der Waals surface area (Å²) in [5.74, 6) is -0.646. The molecule has 48 heavy (non-hydrogen) atoms. The summed E-state index contributed by atoms with van der Waals surface area (Å²) in [4.78, 5) is 29.8. The van der Waals surface area contributed by atoms with E-state index in [0.717, 1.165) is 24.0 Å². The van der Waals surface area contributed by atoms with Crippen molar-refractivity contribution in [3.05, 3.63) is 69.5 Å². The number of carbonyl (C=O) groups is 2. The zero-order chi connectivity index (χ0) is 34.3. The monoisotopic (exact) mass is 701 g/mol. The molecule has 1 fully saturated rings. The number of hydrogen-bond acceptors (Lipinski definition) is 7. The highest BCUT2D eigenvalue weighted by Crippen LogP contribution is 2.47. The molecule has 3 aliphatic heterocycles. The lowest BCUT2D eigenvalue weighted by atomic mass is 9.64. The summed E-state index contributed by atoms with van der Waals surface area (Å²) in [6.07, 6.45) is 6.23. The van der Waals surface area contributed by atoms with E-state index in [9.17, 15) is 18.0 Å². The van der Waals surface area contributed by atoms with Crippen LogP contribution < -0.4 is 14.4 Å². The van der Waals surface area contributed by atoms with Crippen molar-refractivity contribution in [3.8, 4) is 5.75 Å². The smallest absolute Gasteiger partial charge is 0.264 e. The van der Waals surface area contributed by atoms with Crippen LogP contribution in [0.25, 0.3) is 0 Å². The number of ether oxygens (including phenoxy) is 2. The molecule has 2 amide bonds. The normalized spacial score (nSPS) is 28.5. The van der Waals surface area contributed by atoms with Crippen LogP contribution >= 0.6 is 11.6 Å². The third kappa shape index (κ3) is 6.96. The van der Waals surface area contributed by atoms with Gasteiger partial charge in [-0.3, -0.25) is 9.59 Å². The van der Waals surface area contributed by atoms with Gasteiger partial charge in [-0.05, 0) is 110 Å². The van der Waals surface area contributed by atoms with Crippen LogP contribution in [0.15, 0.2) is 42.0 Å². The summed E-state index contributed by atoms with van der Waals surface area (Å²) >= 11 is 6.24. The molecule has 3 heterocycles. The van der Waals surface area contributed by atoms with Crippen LogP contribution in [0.3, 0.4) is 0 Å². The Balaban J connectivity index is 1.45. The van der Waals surface area contributed by atoms with Gasteiger partial charge in [-0.2, -0.15) is 0 Å². The fraction of sp³-hybridized carbons (Fsp3) is 0.556. The van der Waals surface area contributed by atoms with E-state index in [-0.39, 0.29) is 52.9 Å². The first-order valence-corrected chi connectivity index (χ1v) is 18.8. The van der Waals surface area contributed by atoms with Gasteiger partial charge in [-0.25, -0.2) is 17.5 Å². The summed E-state index contributed by atoms with van der Waals surface area (Å²) < 4.78 is 57.5. The number of nitrogens with one attached hydrogen (secondary N) is 1. The van der Waals surface area contributed by atoms with Gasteiger partial charge < -0.3 is 19.3 Å². The molecule has 0 spiro atoms. The molecule has 2 aromatic carbocycles. The summed E-state index contributed by atoms with van der Waals surface area (Å²) in [6, 6.07) is 8.43. The molecule has 0 saturated heterocycles. The van der Waals surface area contributed by atoms with Gasteiger partial charge in [0.1, 0.15) is 18.2 Å². The molecule has 12 heteroatoms. The molecule has 7 rings (SSSR count). The number of rotatable bonds is 3. The van der Waals surface area contributed by atoms with E-state index < -0.39 is 27.0 Å². The molecular formula is C36H45ClFN3O6S. The Morgan fingerprint density at radius 3 is 2.65 bits per heavy atom. The Morgan fingerprint density at radius 2 is 1.94 bits per heavy atom. The Labute approximate surface area is 287 Å². The fourth-order valence-electron chi connectivity index (χ4n) is 7.39. The Hall–Kier alpha value is -3.15. The quantitative estimate of drug-likeness (QED) is 0.407. The minimum Gasteiger partial charge on any atom is -0.491 e. The average molecular weight is 702 g/mol. The van der Waals surface area contributed by atoms with Crippen molar-refractivity contribution in [2.75, 3.05) is 38.8 Å². The number of allylic oxidation sites excluding steroid dienone is 1. The summed E-state index contributed by atoms with van der Waals surface area (Å²) in [5.41, 5.74) is 3.27. The van der Waals surface area contributed by atoms with Crippen molar-refractivity contribution in [1.82, 2.24) is 9.62 Å². The van der Waals surface area contributed by atoms with E-state index in [0.29, 0.717) is 62.4 Å². The third-order valence-corrected chi connectivity index (χ3v) is 13.1. The zero-order valence-electron chi connectivity index (χ0n) is 28.0. The predicted molar refractivity (Wildman–Crippen MR) is 183 cm³/mol. The summed E-state index contributed by atoms with van der Waals surface area (Å²) in [5, 5.41) is -0.753. The Kier molecular flexibility index (Phi) is 10.1. The molecule has 6 atom stereocenters. The minimum absolute atomic E-state index is 0.00371. The first kappa shape index (κ1) is 34.7. The standard InChI is InChI=1S/C36H45ClFN3O6S/c1-21-22(2)48(44,45)39-36(43)23-10-13-32-31(17-23)41(18-24-9-12-30(37)34(38)28(24)7-5-6-14-46-32)19-25-8-11-29(25)35(27-15-26(21)16-27)47-20-33(42)40(3)4/h9-10,12-13,15,17,21-22,25-26,29,35H,5-8,11,14,16,18-20H2,1-4H3,(H,39,43)/t21-,22-,25+,26+,29-,35+/m1/s1. The van der Waals surface area contributed by atoms with Crippen molar-refractivity contribution < 1.29 is 31.9 Å². The highest BCUT2D eigenvalue weighted by atomic mass is 35.5. The molecule has 1 N–H and O–H groups in total. The zero-order valence-corrected chi connectivity index (χ0v) is 29.6. The average Bonchev–Trinajstić information content (AvgIpc) is 3.04. The summed E-state index contributed by atoms with van der Waals surface area (Å²) in [6.45, 7) is 4.76. The molecule has 5 aliphatic rings. The number of halogens is 2. The Bertz CT molecular complexity index is 1720. The molecule has 9 nitrogen and oxygen atoms in total.